The molecule has 0 aliphatic carbocycles. The highest BCUT2D eigenvalue weighted by Crippen LogP contribution is 2.21. The van der Waals surface area contributed by atoms with Crippen molar-refractivity contribution in [1.29, 1.82) is 0 Å². The molecule has 1 aliphatic rings. The van der Waals surface area contributed by atoms with E-state index in [1.165, 1.54) is 0 Å². The third-order valence-electron chi connectivity index (χ3n) is 3.38. The molecule has 0 saturated heterocycles. The molecular weight excluding hydrogens is 268 g/mol. The molecule has 21 heavy (non-hydrogen) atoms. The molecule has 1 aromatic rings. The van der Waals surface area contributed by atoms with Crippen LogP contribution in [-0.2, 0) is 9.59 Å². The van der Waals surface area contributed by atoms with E-state index in [0.29, 0.717) is 24.5 Å². The lowest BCUT2D eigenvalue weighted by Crippen LogP contribution is -2.33. The second-order valence-electron chi connectivity index (χ2n) is 5.47. The van der Waals surface area contributed by atoms with Crippen molar-refractivity contribution in [3.05, 3.63) is 24.3 Å². The number of benzene rings is 1. The van der Waals surface area contributed by atoms with Gasteiger partial charge in [-0.25, -0.2) is 0 Å². The third kappa shape index (κ3) is 4.84. The van der Waals surface area contributed by atoms with Crippen molar-refractivity contribution in [3.63, 3.8) is 0 Å². The largest absolute Gasteiger partial charge is 0.323 e. The average molecular weight is 290 g/mol. The number of anilines is 2. The number of carbonyl (C=O) groups excluding carboxylic acids is 2. The Morgan fingerprint density at radius 2 is 1.29 bits per heavy atom. The van der Waals surface area contributed by atoms with Crippen LogP contribution < -0.4 is 10.6 Å². The van der Waals surface area contributed by atoms with E-state index in [1.54, 1.807) is 12.1 Å². The predicted octanol–water partition coefficient (Wildman–Crippen LogP) is 0.831. The zero-order valence-corrected chi connectivity index (χ0v) is 12.6. The summed E-state index contributed by atoms with van der Waals surface area (Å²) in [6.07, 6.45) is 0.917. The van der Waals surface area contributed by atoms with Gasteiger partial charge in [-0.05, 0) is 45.7 Å². The zero-order chi connectivity index (χ0) is 15.2. The predicted molar refractivity (Wildman–Crippen MR) is 83.3 cm³/mol. The summed E-state index contributed by atoms with van der Waals surface area (Å²) in [5.74, 6) is -0.154. The van der Waals surface area contributed by atoms with E-state index in [1.807, 2.05) is 36.0 Å². The fraction of sp³-hybridized carbons (Fsp3) is 0.467. The van der Waals surface area contributed by atoms with Crippen LogP contribution in [0.25, 0.3) is 0 Å². The van der Waals surface area contributed by atoms with Gasteiger partial charge in [0.05, 0.1) is 24.5 Å². The van der Waals surface area contributed by atoms with E-state index in [0.717, 1.165) is 19.5 Å². The summed E-state index contributed by atoms with van der Waals surface area (Å²) in [6.45, 7) is 2.32. The van der Waals surface area contributed by atoms with Gasteiger partial charge >= 0.3 is 0 Å². The Hall–Kier alpha value is -1.92. The molecule has 0 unspecified atom stereocenters. The standard InChI is InChI=1S/C15H22N4O2/c1-18-8-5-9-19(2)11-15(21)17-13-7-4-3-6-12(13)16-14(20)10-18/h3-4,6-7H,5,8-11H2,1-2H3,(H,16,20)(H,17,21). The second-order valence-corrected chi connectivity index (χ2v) is 5.47. The summed E-state index contributed by atoms with van der Waals surface area (Å²) in [5, 5.41) is 5.70. The van der Waals surface area contributed by atoms with Crippen LogP contribution in [0.5, 0.6) is 0 Å². The highest BCUT2D eigenvalue weighted by molar-refractivity contribution is 6.00. The fourth-order valence-electron chi connectivity index (χ4n) is 2.34. The number of nitrogens with zero attached hydrogens (tertiary/aromatic N) is 2. The van der Waals surface area contributed by atoms with E-state index in [2.05, 4.69) is 10.6 Å². The smallest absolute Gasteiger partial charge is 0.238 e. The van der Waals surface area contributed by atoms with Gasteiger partial charge in [0.25, 0.3) is 0 Å². The Bertz CT molecular complexity index is 473. The summed E-state index contributed by atoms with van der Waals surface area (Å²) < 4.78 is 0. The van der Waals surface area contributed by atoms with Crippen LogP contribution >= 0.6 is 0 Å². The lowest BCUT2D eigenvalue weighted by molar-refractivity contribution is -0.117. The molecule has 114 valence electrons. The van der Waals surface area contributed by atoms with Crippen LogP contribution in [0, 0.1) is 0 Å². The van der Waals surface area contributed by atoms with Gasteiger partial charge in [0.2, 0.25) is 11.8 Å². The van der Waals surface area contributed by atoms with E-state index < -0.39 is 0 Å². The Kier molecular flexibility index (Phi) is 5.30. The van der Waals surface area contributed by atoms with Crippen molar-refractivity contribution < 1.29 is 9.59 Å². The highest BCUT2D eigenvalue weighted by atomic mass is 16.2. The monoisotopic (exact) mass is 290 g/mol. The summed E-state index contributed by atoms with van der Waals surface area (Å²) in [7, 11) is 3.85. The van der Waals surface area contributed by atoms with Gasteiger partial charge in [-0.15, -0.1) is 0 Å². The first kappa shape index (κ1) is 15.5. The second kappa shape index (κ2) is 7.19. The molecule has 0 fully saturated rings. The Labute approximate surface area is 125 Å². The number of carbonyl (C=O) groups is 2. The number of fused-ring (bicyclic) bond motifs is 1. The van der Waals surface area contributed by atoms with Gasteiger partial charge in [-0.3, -0.25) is 19.4 Å². The molecule has 1 aliphatic heterocycles. The molecule has 2 rings (SSSR count). The first-order chi connectivity index (χ1) is 10.0. The Morgan fingerprint density at radius 1 is 0.857 bits per heavy atom. The molecule has 0 bridgehead atoms. The third-order valence-corrected chi connectivity index (χ3v) is 3.38. The quantitative estimate of drug-likeness (QED) is 0.743. The molecule has 0 saturated carbocycles. The SMILES string of the molecule is CN1CCCN(C)CC(=O)Nc2ccccc2NC(=O)C1. The van der Waals surface area contributed by atoms with Crippen LogP contribution in [0.15, 0.2) is 24.3 Å². The molecule has 0 aromatic heterocycles. The van der Waals surface area contributed by atoms with Gasteiger partial charge in [0.1, 0.15) is 0 Å². The molecule has 0 spiro atoms. The van der Waals surface area contributed by atoms with E-state index >= 15 is 0 Å². The molecule has 0 radical (unpaired) electrons. The fourth-order valence-corrected chi connectivity index (χ4v) is 2.34. The van der Waals surface area contributed by atoms with Crippen LogP contribution in [-0.4, -0.2) is 61.9 Å². The first-order valence-corrected chi connectivity index (χ1v) is 7.10. The summed E-state index contributed by atoms with van der Waals surface area (Å²) in [6, 6.07) is 7.24. The lowest BCUT2D eigenvalue weighted by atomic mass is 10.2. The number of rotatable bonds is 0. The molecule has 2 N–H and O–H groups in total. The van der Waals surface area contributed by atoms with Gasteiger partial charge in [-0.2, -0.15) is 0 Å². The van der Waals surface area contributed by atoms with Crippen molar-refractivity contribution >= 4 is 23.2 Å². The van der Waals surface area contributed by atoms with Gasteiger partial charge in [0.15, 0.2) is 0 Å². The Balaban J connectivity index is 2.19. The number of hydrogen-bond donors (Lipinski definition) is 2. The summed E-state index contributed by atoms with van der Waals surface area (Å²) in [4.78, 5) is 28.0. The van der Waals surface area contributed by atoms with E-state index in [9.17, 15) is 9.59 Å². The van der Waals surface area contributed by atoms with Gasteiger partial charge in [0, 0.05) is 0 Å². The van der Waals surface area contributed by atoms with Gasteiger partial charge in [-0.1, -0.05) is 12.1 Å². The van der Waals surface area contributed by atoms with Crippen molar-refractivity contribution in [3.8, 4) is 0 Å². The van der Waals surface area contributed by atoms with Crippen LogP contribution in [0.2, 0.25) is 0 Å². The molecule has 2 amide bonds. The van der Waals surface area contributed by atoms with Gasteiger partial charge < -0.3 is 10.6 Å². The summed E-state index contributed by atoms with van der Waals surface area (Å²) >= 11 is 0. The minimum Gasteiger partial charge on any atom is -0.323 e. The lowest BCUT2D eigenvalue weighted by Gasteiger charge is -2.18. The number of amides is 2. The van der Waals surface area contributed by atoms with Crippen LogP contribution in [0.3, 0.4) is 0 Å². The summed E-state index contributed by atoms with van der Waals surface area (Å²) in [5.41, 5.74) is 1.26. The van der Waals surface area contributed by atoms with Crippen molar-refractivity contribution in [2.24, 2.45) is 0 Å². The van der Waals surface area contributed by atoms with Crippen molar-refractivity contribution in [2.75, 3.05) is 50.9 Å². The average Bonchev–Trinajstić information content (AvgIpc) is 2.40. The minimum absolute atomic E-state index is 0.0770. The normalized spacial score (nSPS) is 19.5. The van der Waals surface area contributed by atoms with Crippen LogP contribution in [0.1, 0.15) is 6.42 Å². The molecule has 1 aromatic carbocycles. The zero-order valence-electron chi connectivity index (χ0n) is 12.6. The first-order valence-electron chi connectivity index (χ1n) is 7.10. The van der Waals surface area contributed by atoms with Crippen LogP contribution in [0.4, 0.5) is 11.4 Å². The number of likely N-dealkylation sites (N-methyl/N-ethyl adjacent to an activating group) is 2. The Morgan fingerprint density at radius 3 is 1.71 bits per heavy atom. The van der Waals surface area contributed by atoms with E-state index in [-0.39, 0.29) is 11.8 Å². The highest BCUT2D eigenvalue weighted by Gasteiger charge is 2.14. The molecule has 0 atom stereocenters. The number of hydrogen-bond acceptors (Lipinski definition) is 4. The maximum atomic E-state index is 12.0. The van der Waals surface area contributed by atoms with Crippen molar-refractivity contribution in [1.82, 2.24) is 9.80 Å². The maximum Gasteiger partial charge on any atom is 0.238 e. The van der Waals surface area contributed by atoms with E-state index in [4.69, 9.17) is 0 Å². The molecule has 1 heterocycles. The topological polar surface area (TPSA) is 64.7 Å². The minimum atomic E-state index is -0.0770. The van der Waals surface area contributed by atoms with Crippen molar-refractivity contribution in [2.45, 2.75) is 6.42 Å². The molecule has 6 nitrogen and oxygen atoms in total. The maximum absolute atomic E-state index is 12.0. The number of para-hydroxylation sites is 2. The molecule has 6 heteroatoms. The molecular formula is C15H22N4O2. The number of nitrogens with one attached hydrogen (secondary N) is 2.